The Kier molecular flexibility index (Phi) is 4.42. The summed E-state index contributed by atoms with van der Waals surface area (Å²) >= 11 is 5.96. The van der Waals surface area contributed by atoms with E-state index in [4.69, 9.17) is 17.3 Å². The zero-order valence-electron chi connectivity index (χ0n) is 10.9. The smallest absolute Gasteiger partial charge is 0.227 e. The molecule has 0 aliphatic heterocycles. The molecule has 3 nitrogen and oxygen atoms in total. The number of hydrogen-bond donors (Lipinski definition) is 1. The maximum Gasteiger partial charge on any atom is 0.227 e. The summed E-state index contributed by atoms with van der Waals surface area (Å²) in [5.74, 6) is -0.421. The number of nitrogens with zero attached hydrogens (tertiary/aromatic N) is 1. The number of amides is 1. The molecule has 19 heavy (non-hydrogen) atoms. The van der Waals surface area contributed by atoms with Gasteiger partial charge < -0.3 is 10.6 Å². The zero-order chi connectivity index (χ0) is 14.0. The van der Waals surface area contributed by atoms with E-state index in [-0.39, 0.29) is 23.7 Å². The Morgan fingerprint density at radius 3 is 2.84 bits per heavy atom. The molecule has 0 saturated heterocycles. The van der Waals surface area contributed by atoms with Crippen LogP contribution in [0.4, 0.5) is 4.39 Å². The van der Waals surface area contributed by atoms with Crippen molar-refractivity contribution in [2.24, 2.45) is 11.7 Å². The summed E-state index contributed by atoms with van der Waals surface area (Å²) in [5.41, 5.74) is 6.68. The fraction of sp³-hybridized carbons (Fsp3) is 0.500. The molecule has 1 fully saturated rings. The van der Waals surface area contributed by atoms with Crippen LogP contribution < -0.4 is 5.73 Å². The lowest BCUT2D eigenvalue weighted by atomic mass is 10.0. The van der Waals surface area contributed by atoms with E-state index >= 15 is 0 Å². The number of carbonyl (C=O) groups is 1. The Bertz CT molecular complexity index is 481. The molecule has 2 rings (SSSR count). The molecule has 2 N–H and O–H groups in total. The van der Waals surface area contributed by atoms with E-state index in [2.05, 4.69) is 0 Å². The first kappa shape index (κ1) is 14.3. The molecule has 1 aromatic carbocycles. The molecule has 1 aliphatic rings. The number of carbonyl (C=O) groups excluding carboxylic acids is 1. The molecule has 5 heteroatoms. The molecule has 1 aromatic rings. The van der Waals surface area contributed by atoms with Crippen molar-refractivity contribution in [1.82, 2.24) is 4.90 Å². The molecule has 0 radical (unpaired) electrons. The van der Waals surface area contributed by atoms with Crippen LogP contribution in [0.1, 0.15) is 24.8 Å². The van der Waals surface area contributed by atoms with Crippen molar-refractivity contribution in [3.8, 4) is 0 Å². The Morgan fingerprint density at radius 1 is 1.53 bits per heavy atom. The summed E-state index contributed by atoms with van der Waals surface area (Å²) in [6, 6.07) is 4.17. The van der Waals surface area contributed by atoms with Gasteiger partial charge in [0.15, 0.2) is 0 Å². The molecule has 1 saturated carbocycles. The predicted molar refractivity (Wildman–Crippen MR) is 73.2 cm³/mol. The SMILES string of the molecule is CN(Cc1ccc(F)cc1Cl)C(=O)[C@@H]1CCC[C@H]1N. The molecule has 1 amide bonds. The predicted octanol–water partition coefficient (Wildman–Crippen LogP) is 2.56. The third-order valence-electron chi connectivity index (χ3n) is 3.69. The Balaban J connectivity index is 2.04. The molecule has 0 unspecified atom stereocenters. The Hall–Kier alpha value is -1.13. The first-order chi connectivity index (χ1) is 8.99. The van der Waals surface area contributed by atoms with E-state index in [1.807, 2.05) is 0 Å². The summed E-state index contributed by atoms with van der Waals surface area (Å²) in [5, 5.41) is 0.343. The van der Waals surface area contributed by atoms with Gasteiger partial charge in [-0.3, -0.25) is 4.79 Å². The van der Waals surface area contributed by atoms with E-state index < -0.39 is 0 Å². The van der Waals surface area contributed by atoms with Gasteiger partial charge in [-0.1, -0.05) is 24.1 Å². The molecule has 0 heterocycles. The molecule has 2 atom stereocenters. The fourth-order valence-electron chi connectivity index (χ4n) is 2.56. The van der Waals surface area contributed by atoms with Crippen molar-refractivity contribution in [2.45, 2.75) is 31.8 Å². The van der Waals surface area contributed by atoms with Crippen molar-refractivity contribution in [2.75, 3.05) is 7.05 Å². The number of nitrogens with two attached hydrogens (primary N) is 1. The van der Waals surface area contributed by atoms with Gasteiger partial charge in [-0.2, -0.15) is 0 Å². The first-order valence-corrected chi connectivity index (χ1v) is 6.81. The van der Waals surface area contributed by atoms with Crippen molar-refractivity contribution in [3.63, 3.8) is 0 Å². The average Bonchev–Trinajstić information content (AvgIpc) is 2.78. The molecule has 1 aliphatic carbocycles. The van der Waals surface area contributed by atoms with Crippen LogP contribution >= 0.6 is 11.6 Å². The van der Waals surface area contributed by atoms with E-state index in [0.717, 1.165) is 24.8 Å². The highest BCUT2D eigenvalue weighted by Crippen LogP contribution is 2.26. The fourth-order valence-corrected chi connectivity index (χ4v) is 2.79. The summed E-state index contributed by atoms with van der Waals surface area (Å²) in [6.45, 7) is 0.376. The monoisotopic (exact) mass is 284 g/mol. The number of hydrogen-bond acceptors (Lipinski definition) is 2. The van der Waals surface area contributed by atoms with Gasteiger partial charge in [-0.25, -0.2) is 4.39 Å². The second-order valence-electron chi connectivity index (χ2n) is 5.13. The lowest BCUT2D eigenvalue weighted by Gasteiger charge is -2.23. The quantitative estimate of drug-likeness (QED) is 0.927. The molecular weight excluding hydrogens is 267 g/mol. The van der Waals surface area contributed by atoms with Gasteiger partial charge >= 0.3 is 0 Å². The van der Waals surface area contributed by atoms with Crippen LogP contribution in [-0.2, 0) is 11.3 Å². The summed E-state index contributed by atoms with van der Waals surface area (Å²) < 4.78 is 13.0. The maximum absolute atomic E-state index is 13.0. The highest BCUT2D eigenvalue weighted by Gasteiger charge is 2.32. The minimum Gasteiger partial charge on any atom is -0.341 e. The van der Waals surface area contributed by atoms with Crippen LogP contribution in [0.15, 0.2) is 18.2 Å². The second-order valence-corrected chi connectivity index (χ2v) is 5.54. The number of rotatable bonds is 3. The molecule has 104 valence electrons. The number of benzene rings is 1. The minimum atomic E-state index is -0.374. The standard InChI is InChI=1S/C14H18ClFN2O/c1-18(14(19)11-3-2-4-13(11)17)8-9-5-6-10(16)7-12(9)15/h5-7,11,13H,2-4,8,17H2,1H3/t11-,13-/m1/s1. The Morgan fingerprint density at radius 2 is 2.26 bits per heavy atom. The van der Waals surface area contributed by atoms with Crippen LogP contribution in [-0.4, -0.2) is 23.9 Å². The normalized spacial score (nSPS) is 22.5. The van der Waals surface area contributed by atoms with Gasteiger partial charge in [0.25, 0.3) is 0 Å². The van der Waals surface area contributed by atoms with Crippen molar-refractivity contribution < 1.29 is 9.18 Å². The molecule has 0 spiro atoms. The lowest BCUT2D eigenvalue weighted by Crippen LogP contribution is -2.39. The summed E-state index contributed by atoms with van der Waals surface area (Å²) in [4.78, 5) is 13.9. The van der Waals surface area contributed by atoms with E-state index in [9.17, 15) is 9.18 Å². The minimum absolute atomic E-state index is 0.0429. The van der Waals surface area contributed by atoms with E-state index in [1.54, 1.807) is 18.0 Å². The van der Waals surface area contributed by atoms with Gasteiger partial charge in [0.2, 0.25) is 5.91 Å². The number of halogens is 2. The largest absolute Gasteiger partial charge is 0.341 e. The molecular formula is C14H18ClFN2O. The topological polar surface area (TPSA) is 46.3 Å². The van der Waals surface area contributed by atoms with Gasteiger partial charge in [0.05, 0.1) is 5.92 Å². The van der Waals surface area contributed by atoms with Crippen molar-refractivity contribution in [1.29, 1.82) is 0 Å². The van der Waals surface area contributed by atoms with Gasteiger partial charge in [0.1, 0.15) is 5.82 Å². The van der Waals surface area contributed by atoms with Crippen molar-refractivity contribution in [3.05, 3.63) is 34.6 Å². The molecule has 0 aromatic heterocycles. The zero-order valence-corrected chi connectivity index (χ0v) is 11.7. The second kappa shape index (κ2) is 5.88. The van der Waals surface area contributed by atoms with Gasteiger partial charge in [-0.15, -0.1) is 0 Å². The first-order valence-electron chi connectivity index (χ1n) is 6.43. The van der Waals surface area contributed by atoms with Crippen LogP contribution in [0, 0.1) is 11.7 Å². The highest BCUT2D eigenvalue weighted by atomic mass is 35.5. The van der Waals surface area contributed by atoms with Crippen LogP contribution in [0.25, 0.3) is 0 Å². The maximum atomic E-state index is 13.0. The highest BCUT2D eigenvalue weighted by molar-refractivity contribution is 6.31. The van der Waals surface area contributed by atoms with Crippen LogP contribution in [0.2, 0.25) is 5.02 Å². The van der Waals surface area contributed by atoms with Gasteiger partial charge in [0, 0.05) is 24.7 Å². The van der Waals surface area contributed by atoms with E-state index in [1.165, 1.54) is 12.1 Å². The van der Waals surface area contributed by atoms with Gasteiger partial charge in [-0.05, 0) is 30.5 Å². The van der Waals surface area contributed by atoms with E-state index in [0.29, 0.717) is 11.6 Å². The lowest BCUT2D eigenvalue weighted by molar-refractivity contribution is -0.134. The van der Waals surface area contributed by atoms with Crippen molar-refractivity contribution >= 4 is 17.5 Å². The summed E-state index contributed by atoms with van der Waals surface area (Å²) in [6.07, 6.45) is 2.76. The molecule has 0 bridgehead atoms. The third-order valence-corrected chi connectivity index (χ3v) is 4.04. The third kappa shape index (κ3) is 3.25. The summed E-state index contributed by atoms with van der Waals surface area (Å²) in [7, 11) is 1.73. The average molecular weight is 285 g/mol. The van der Waals surface area contributed by atoms with Crippen LogP contribution in [0.5, 0.6) is 0 Å². The van der Waals surface area contributed by atoms with Crippen LogP contribution in [0.3, 0.4) is 0 Å². The Labute approximate surface area is 117 Å².